The lowest BCUT2D eigenvalue weighted by Gasteiger charge is -2.33. The Hall–Kier alpha value is -3.69. The van der Waals surface area contributed by atoms with Crippen LogP contribution in [0.15, 0.2) is 115 Å². The van der Waals surface area contributed by atoms with Gasteiger partial charge in [-0.3, -0.25) is 4.79 Å². The van der Waals surface area contributed by atoms with Crippen molar-refractivity contribution in [2.45, 2.75) is 19.0 Å². The summed E-state index contributed by atoms with van der Waals surface area (Å²) in [5.41, 5.74) is 5.40. The fourth-order valence-corrected chi connectivity index (χ4v) is 4.34. The van der Waals surface area contributed by atoms with Crippen molar-refractivity contribution in [3.63, 3.8) is 0 Å². The van der Waals surface area contributed by atoms with Crippen LogP contribution in [-0.2, 0) is 17.9 Å². The highest BCUT2D eigenvalue weighted by Gasteiger charge is 2.41. The Balaban J connectivity index is 1.57. The van der Waals surface area contributed by atoms with Gasteiger partial charge >= 0.3 is 0 Å². The zero-order valence-electron chi connectivity index (χ0n) is 17.3. The molecule has 0 fully saturated rings. The lowest BCUT2D eigenvalue weighted by atomic mass is 9.93. The molecule has 0 radical (unpaired) electrons. The summed E-state index contributed by atoms with van der Waals surface area (Å²) in [4.78, 5) is 13.9. The van der Waals surface area contributed by atoms with E-state index in [9.17, 15) is 4.79 Å². The van der Waals surface area contributed by atoms with Crippen LogP contribution in [0.4, 0.5) is 5.69 Å². The van der Waals surface area contributed by atoms with Crippen molar-refractivity contribution in [1.29, 1.82) is 0 Å². The molecule has 4 aromatic rings. The van der Waals surface area contributed by atoms with E-state index >= 15 is 0 Å². The molecule has 4 aromatic carbocycles. The fraction of sp³-hybridized carbons (Fsp3) is 0.107. The molecule has 1 aliphatic rings. The minimum Gasteiger partial charge on any atom is -0.272 e. The molecule has 1 atom stereocenters. The minimum atomic E-state index is -0.286. The fourth-order valence-electron chi connectivity index (χ4n) is 4.34. The van der Waals surface area contributed by atoms with E-state index in [0.29, 0.717) is 13.1 Å². The molecule has 0 saturated carbocycles. The van der Waals surface area contributed by atoms with Gasteiger partial charge in [-0.15, -0.1) is 0 Å². The predicted octanol–water partition coefficient (Wildman–Crippen LogP) is 5.78. The molecule has 1 unspecified atom stereocenters. The molecule has 152 valence electrons. The first kappa shape index (κ1) is 19.3. The molecule has 1 aliphatic heterocycles. The molecule has 31 heavy (non-hydrogen) atoms. The average Bonchev–Trinajstić information content (AvgIpc) is 3.12. The quantitative estimate of drug-likeness (QED) is 0.406. The Morgan fingerprint density at radius 1 is 0.613 bits per heavy atom. The molecule has 0 bridgehead atoms. The van der Waals surface area contributed by atoms with Crippen molar-refractivity contribution in [2.75, 3.05) is 5.01 Å². The number of anilines is 1. The van der Waals surface area contributed by atoms with Crippen molar-refractivity contribution in [3.8, 4) is 0 Å². The number of nitrogens with zero attached hydrogens (tertiary/aromatic N) is 2. The molecule has 1 heterocycles. The number of para-hydroxylation sites is 1. The maximum atomic E-state index is 13.9. The number of benzene rings is 4. The van der Waals surface area contributed by atoms with Gasteiger partial charge in [0.2, 0.25) is 0 Å². The van der Waals surface area contributed by atoms with E-state index in [1.165, 1.54) is 11.1 Å². The van der Waals surface area contributed by atoms with E-state index in [1.54, 1.807) is 0 Å². The summed E-state index contributed by atoms with van der Waals surface area (Å²) < 4.78 is 0. The molecular formula is C28H24N2O. The Kier molecular flexibility index (Phi) is 5.34. The molecule has 0 N–H and O–H groups in total. The van der Waals surface area contributed by atoms with E-state index in [1.807, 2.05) is 83.9 Å². The number of rotatable bonds is 6. The van der Waals surface area contributed by atoms with Gasteiger partial charge in [-0.25, -0.2) is 10.0 Å². The van der Waals surface area contributed by atoms with Gasteiger partial charge in [0.25, 0.3) is 5.91 Å². The predicted molar refractivity (Wildman–Crippen MR) is 124 cm³/mol. The highest BCUT2D eigenvalue weighted by atomic mass is 16.2. The Morgan fingerprint density at radius 2 is 1.10 bits per heavy atom. The van der Waals surface area contributed by atoms with Crippen molar-refractivity contribution >= 4 is 11.6 Å². The van der Waals surface area contributed by atoms with Gasteiger partial charge in [0, 0.05) is 13.1 Å². The maximum Gasteiger partial charge on any atom is 0.253 e. The molecule has 3 nitrogen and oxygen atoms in total. The van der Waals surface area contributed by atoms with Gasteiger partial charge in [0.1, 0.15) is 0 Å². The molecule has 3 heteroatoms. The third kappa shape index (κ3) is 3.88. The zero-order valence-corrected chi connectivity index (χ0v) is 17.3. The largest absolute Gasteiger partial charge is 0.272 e. The van der Waals surface area contributed by atoms with Gasteiger partial charge in [-0.05, 0) is 28.3 Å². The first-order valence-electron chi connectivity index (χ1n) is 10.6. The average molecular weight is 405 g/mol. The van der Waals surface area contributed by atoms with Gasteiger partial charge in [0.15, 0.2) is 0 Å². The van der Waals surface area contributed by atoms with Crippen LogP contribution in [0.1, 0.15) is 28.2 Å². The first-order chi connectivity index (χ1) is 15.3. The van der Waals surface area contributed by atoms with Crippen LogP contribution in [0.3, 0.4) is 0 Å². The van der Waals surface area contributed by atoms with E-state index < -0.39 is 0 Å². The van der Waals surface area contributed by atoms with Crippen LogP contribution < -0.4 is 5.01 Å². The Labute approximate surface area is 183 Å². The van der Waals surface area contributed by atoms with E-state index in [-0.39, 0.29) is 11.8 Å². The van der Waals surface area contributed by atoms with Crippen LogP contribution in [0.5, 0.6) is 0 Å². The normalized spacial score (nSPS) is 15.3. The SMILES string of the molecule is O=C1C(c2ccccc2)c2ccccc2N1N(Cc1ccccc1)Cc1ccccc1. The number of hydrogen-bond donors (Lipinski definition) is 0. The van der Waals surface area contributed by atoms with Gasteiger partial charge < -0.3 is 0 Å². The summed E-state index contributed by atoms with van der Waals surface area (Å²) in [5.74, 6) is -0.189. The number of carbonyl (C=O) groups is 1. The lowest BCUT2D eigenvalue weighted by molar-refractivity contribution is -0.121. The summed E-state index contributed by atoms with van der Waals surface area (Å²) in [7, 11) is 0. The number of hydrazine groups is 1. The summed E-state index contributed by atoms with van der Waals surface area (Å²) in [5, 5.41) is 4.06. The third-order valence-corrected chi connectivity index (χ3v) is 5.76. The molecule has 0 aliphatic carbocycles. The Bertz CT molecular complexity index is 1120. The number of amides is 1. The van der Waals surface area contributed by atoms with Crippen LogP contribution in [0.2, 0.25) is 0 Å². The third-order valence-electron chi connectivity index (χ3n) is 5.76. The maximum absolute atomic E-state index is 13.9. The van der Waals surface area contributed by atoms with Gasteiger partial charge in [-0.1, -0.05) is 109 Å². The number of fused-ring (bicyclic) bond motifs is 1. The van der Waals surface area contributed by atoms with Crippen LogP contribution in [-0.4, -0.2) is 10.9 Å². The van der Waals surface area contributed by atoms with Crippen LogP contribution in [0, 0.1) is 0 Å². The summed E-state index contributed by atoms with van der Waals surface area (Å²) >= 11 is 0. The van der Waals surface area contributed by atoms with E-state index in [4.69, 9.17) is 0 Å². The molecular weight excluding hydrogens is 380 g/mol. The topological polar surface area (TPSA) is 23.6 Å². The van der Waals surface area contributed by atoms with E-state index in [2.05, 4.69) is 41.4 Å². The molecule has 0 aromatic heterocycles. The van der Waals surface area contributed by atoms with Gasteiger partial charge in [-0.2, -0.15) is 0 Å². The number of carbonyl (C=O) groups excluding carboxylic acids is 1. The summed E-state index contributed by atoms with van der Waals surface area (Å²) in [6.45, 7) is 1.30. The van der Waals surface area contributed by atoms with Gasteiger partial charge in [0.05, 0.1) is 11.6 Å². The highest BCUT2D eigenvalue weighted by Crippen LogP contribution is 2.42. The van der Waals surface area contributed by atoms with Crippen molar-refractivity contribution in [2.24, 2.45) is 0 Å². The van der Waals surface area contributed by atoms with Crippen molar-refractivity contribution < 1.29 is 4.79 Å². The molecule has 0 spiro atoms. The first-order valence-corrected chi connectivity index (χ1v) is 10.6. The summed E-state index contributed by atoms with van der Waals surface area (Å²) in [6.07, 6.45) is 0. The standard InChI is InChI=1S/C28H24N2O/c31-28-27(24-16-8-3-9-17-24)25-18-10-11-19-26(25)30(28)29(20-22-12-4-1-5-13-22)21-23-14-6-2-7-15-23/h1-19,27H,20-21H2. The second-order valence-electron chi connectivity index (χ2n) is 7.85. The van der Waals surface area contributed by atoms with Crippen LogP contribution >= 0.6 is 0 Å². The minimum absolute atomic E-state index is 0.0965. The second-order valence-corrected chi connectivity index (χ2v) is 7.85. The lowest BCUT2D eigenvalue weighted by Crippen LogP contribution is -2.44. The van der Waals surface area contributed by atoms with Crippen LogP contribution in [0.25, 0.3) is 0 Å². The molecule has 1 amide bonds. The highest BCUT2D eigenvalue weighted by molar-refractivity contribution is 6.06. The molecule has 5 rings (SSSR count). The van der Waals surface area contributed by atoms with E-state index in [0.717, 1.165) is 16.8 Å². The van der Waals surface area contributed by atoms with Crippen molar-refractivity contribution in [3.05, 3.63) is 138 Å². The monoisotopic (exact) mass is 404 g/mol. The zero-order chi connectivity index (χ0) is 21.0. The summed E-state index contributed by atoms with van der Waals surface area (Å²) in [6, 6.07) is 38.9. The smallest absolute Gasteiger partial charge is 0.253 e. The Morgan fingerprint density at radius 3 is 1.68 bits per heavy atom. The number of hydrogen-bond acceptors (Lipinski definition) is 2. The second kappa shape index (κ2) is 8.58. The molecule has 0 saturated heterocycles. The van der Waals surface area contributed by atoms with Crippen molar-refractivity contribution in [1.82, 2.24) is 5.01 Å².